The lowest BCUT2D eigenvalue weighted by Crippen LogP contribution is -2.05. The Balaban J connectivity index is 2.60. The molecule has 0 heterocycles. The Hall–Kier alpha value is -0.630. The fraction of sp³-hybridized carbons (Fsp3) is 0.500. The van der Waals surface area contributed by atoms with Gasteiger partial charge in [-0.05, 0) is 43.4 Å². The van der Waals surface area contributed by atoms with Crippen LogP contribution in [0.5, 0.6) is 0 Å². The molecule has 1 aromatic rings. The third-order valence-electron chi connectivity index (χ3n) is 2.30. The average Bonchev–Trinajstić information content (AvgIpc) is 2.10. The quantitative estimate of drug-likeness (QED) is 0.684. The van der Waals surface area contributed by atoms with Crippen molar-refractivity contribution in [1.82, 2.24) is 0 Å². The van der Waals surface area contributed by atoms with Gasteiger partial charge in [0.15, 0.2) is 11.6 Å². The van der Waals surface area contributed by atoms with Gasteiger partial charge in [-0.2, -0.15) is 0 Å². The Morgan fingerprint density at radius 1 is 1.20 bits per heavy atom. The lowest BCUT2D eigenvalue weighted by molar-refractivity contribution is 0.498. The number of hydrogen-bond acceptors (Lipinski definition) is 0. The smallest absolute Gasteiger partial charge is 0.159 e. The molecule has 2 unspecified atom stereocenters. The average molecular weight is 233 g/mol. The maximum Gasteiger partial charge on any atom is 0.159 e. The van der Waals surface area contributed by atoms with Gasteiger partial charge in [0, 0.05) is 5.38 Å². The highest BCUT2D eigenvalue weighted by Gasteiger charge is 2.09. The van der Waals surface area contributed by atoms with Crippen molar-refractivity contribution >= 4 is 11.6 Å². The van der Waals surface area contributed by atoms with E-state index in [-0.39, 0.29) is 5.38 Å². The minimum absolute atomic E-state index is 0.116. The highest BCUT2D eigenvalue weighted by atomic mass is 35.5. The monoisotopic (exact) mass is 232 g/mol. The first kappa shape index (κ1) is 12.4. The summed E-state index contributed by atoms with van der Waals surface area (Å²) in [5.74, 6) is -1.20. The largest absolute Gasteiger partial charge is 0.204 e. The SMILES string of the molecule is CC(Cl)CC(C)Cc1ccc(F)c(F)c1. The van der Waals surface area contributed by atoms with Crippen molar-refractivity contribution in [2.24, 2.45) is 5.92 Å². The van der Waals surface area contributed by atoms with Crippen LogP contribution < -0.4 is 0 Å². The molecule has 1 aromatic carbocycles. The van der Waals surface area contributed by atoms with Gasteiger partial charge in [0.25, 0.3) is 0 Å². The van der Waals surface area contributed by atoms with E-state index in [9.17, 15) is 8.78 Å². The molecule has 0 saturated heterocycles. The third kappa shape index (κ3) is 4.17. The van der Waals surface area contributed by atoms with Crippen molar-refractivity contribution in [2.75, 3.05) is 0 Å². The van der Waals surface area contributed by atoms with Crippen LogP contribution in [-0.2, 0) is 6.42 Å². The minimum atomic E-state index is -0.794. The van der Waals surface area contributed by atoms with Gasteiger partial charge in [-0.25, -0.2) is 8.78 Å². The van der Waals surface area contributed by atoms with E-state index in [1.54, 1.807) is 6.07 Å². The van der Waals surface area contributed by atoms with Gasteiger partial charge < -0.3 is 0 Å². The summed E-state index contributed by atoms with van der Waals surface area (Å²) >= 11 is 5.86. The van der Waals surface area contributed by atoms with Gasteiger partial charge in [-0.1, -0.05) is 13.0 Å². The highest BCUT2D eigenvalue weighted by Crippen LogP contribution is 2.17. The van der Waals surface area contributed by atoms with E-state index in [2.05, 4.69) is 6.92 Å². The van der Waals surface area contributed by atoms with Gasteiger partial charge >= 0.3 is 0 Å². The number of rotatable bonds is 4. The summed E-state index contributed by atoms with van der Waals surface area (Å²) in [6.07, 6.45) is 1.61. The first-order valence-electron chi connectivity index (χ1n) is 5.07. The fourth-order valence-electron chi connectivity index (χ4n) is 1.71. The van der Waals surface area contributed by atoms with Crippen LogP contribution in [0.4, 0.5) is 8.78 Å². The van der Waals surface area contributed by atoms with Crippen LogP contribution in [0.2, 0.25) is 0 Å². The van der Waals surface area contributed by atoms with E-state index in [0.29, 0.717) is 5.92 Å². The second kappa shape index (κ2) is 5.45. The van der Waals surface area contributed by atoms with Crippen LogP contribution in [0.15, 0.2) is 18.2 Å². The van der Waals surface area contributed by atoms with Crippen LogP contribution in [0, 0.1) is 17.6 Å². The summed E-state index contributed by atoms with van der Waals surface area (Å²) in [5.41, 5.74) is 0.818. The van der Waals surface area contributed by atoms with E-state index in [1.165, 1.54) is 12.1 Å². The zero-order chi connectivity index (χ0) is 11.4. The van der Waals surface area contributed by atoms with Crippen LogP contribution >= 0.6 is 11.6 Å². The predicted molar refractivity (Wildman–Crippen MR) is 59.2 cm³/mol. The van der Waals surface area contributed by atoms with Crippen molar-refractivity contribution in [3.8, 4) is 0 Å². The van der Waals surface area contributed by atoms with Gasteiger partial charge in [-0.15, -0.1) is 11.6 Å². The van der Waals surface area contributed by atoms with Crippen molar-refractivity contribution in [3.05, 3.63) is 35.4 Å². The summed E-state index contributed by atoms with van der Waals surface area (Å²) in [5, 5.41) is 0.116. The molecule has 0 aliphatic rings. The Labute approximate surface area is 94.3 Å². The number of alkyl halides is 1. The van der Waals surface area contributed by atoms with Crippen molar-refractivity contribution in [1.29, 1.82) is 0 Å². The van der Waals surface area contributed by atoms with E-state index >= 15 is 0 Å². The molecular weight excluding hydrogens is 218 g/mol. The molecule has 3 heteroatoms. The fourth-order valence-corrected chi connectivity index (χ4v) is 2.01. The normalized spacial score (nSPS) is 15.0. The Bertz CT molecular complexity index is 323. The summed E-state index contributed by atoms with van der Waals surface area (Å²) in [6, 6.07) is 4.04. The van der Waals surface area contributed by atoms with E-state index in [4.69, 9.17) is 11.6 Å². The Morgan fingerprint density at radius 3 is 2.40 bits per heavy atom. The summed E-state index contributed by atoms with van der Waals surface area (Å²) in [7, 11) is 0. The van der Waals surface area contributed by atoms with E-state index in [1.807, 2.05) is 6.92 Å². The second-order valence-corrected chi connectivity index (χ2v) is 4.82. The van der Waals surface area contributed by atoms with Crippen LogP contribution in [0.1, 0.15) is 25.8 Å². The van der Waals surface area contributed by atoms with E-state index < -0.39 is 11.6 Å². The van der Waals surface area contributed by atoms with Gasteiger partial charge in [0.1, 0.15) is 0 Å². The predicted octanol–water partition coefficient (Wildman–Crippen LogP) is 4.16. The molecule has 0 fully saturated rings. The molecule has 15 heavy (non-hydrogen) atoms. The molecule has 0 aliphatic heterocycles. The molecular formula is C12H15ClF2. The Morgan fingerprint density at radius 2 is 1.87 bits per heavy atom. The number of halogens is 3. The van der Waals surface area contributed by atoms with Crippen molar-refractivity contribution < 1.29 is 8.78 Å². The maximum atomic E-state index is 12.9. The van der Waals surface area contributed by atoms with Gasteiger partial charge in [0.2, 0.25) is 0 Å². The molecule has 0 spiro atoms. The summed E-state index contributed by atoms with van der Waals surface area (Å²) < 4.78 is 25.5. The maximum absolute atomic E-state index is 12.9. The van der Waals surface area contributed by atoms with Crippen molar-refractivity contribution in [3.63, 3.8) is 0 Å². The third-order valence-corrected chi connectivity index (χ3v) is 2.47. The molecule has 2 atom stereocenters. The lowest BCUT2D eigenvalue weighted by atomic mass is 9.97. The molecule has 0 saturated carbocycles. The lowest BCUT2D eigenvalue weighted by Gasteiger charge is -2.12. The summed E-state index contributed by atoms with van der Waals surface area (Å²) in [4.78, 5) is 0. The Kier molecular flexibility index (Phi) is 4.52. The first-order chi connectivity index (χ1) is 6.99. The topological polar surface area (TPSA) is 0 Å². The molecule has 0 bridgehead atoms. The molecule has 0 amide bonds. The van der Waals surface area contributed by atoms with Crippen LogP contribution in [-0.4, -0.2) is 5.38 Å². The van der Waals surface area contributed by atoms with Crippen LogP contribution in [0.25, 0.3) is 0 Å². The number of benzene rings is 1. The van der Waals surface area contributed by atoms with Crippen molar-refractivity contribution in [2.45, 2.75) is 32.1 Å². The standard InChI is InChI=1S/C12H15ClF2/c1-8(5-9(2)13)6-10-3-4-11(14)12(15)7-10/h3-4,7-9H,5-6H2,1-2H3. The van der Waals surface area contributed by atoms with Gasteiger partial charge in [0.05, 0.1) is 0 Å². The van der Waals surface area contributed by atoms with Crippen LogP contribution in [0.3, 0.4) is 0 Å². The number of hydrogen-bond donors (Lipinski definition) is 0. The molecule has 0 aromatic heterocycles. The van der Waals surface area contributed by atoms with Gasteiger partial charge in [-0.3, -0.25) is 0 Å². The summed E-state index contributed by atoms with van der Waals surface area (Å²) in [6.45, 7) is 3.99. The molecule has 0 aliphatic carbocycles. The first-order valence-corrected chi connectivity index (χ1v) is 5.50. The zero-order valence-electron chi connectivity index (χ0n) is 8.93. The molecule has 0 N–H and O–H groups in total. The minimum Gasteiger partial charge on any atom is -0.204 e. The van der Waals surface area contributed by atoms with E-state index in [0.717, 1.165) is 18.4 Å². The second-order valence-electron chi connectivity index (χ2n) is 4.07. The molecule has 0 radical (unpaired) electrons. The zero-order valence-corrected chi connectivity index (χ0v) is 9.69. The molecule has 84 valence electrons. The highest BCUT2D eigenvalue weighted by molar-refractivity contribution is 6.20. The molecule has 0 nitrogen and oxygen atoms in total. The molecule has 1 rings (SSSR count).